The molecule has 0 bridgehead atoms. The molecule has 1 aliphatic carbocycles. The van der Waals surface area contributed by atoms with E-state index in [1.165, 1.54) is 12.1 Å². The molecule has 3 aromatic rings. The number of carbonyl (C=O) groups is 1. The largest absolute Gasteiger partial charge is 0.492 e. The van der Waals surface area contributed by atoms with Crippen LogP contribution in [0.1, 0.15) is 60.6 Å². The van der Waals surface area contributed by atoms with Crippen molar-refractivity contribution in [2.24, 2.45) is 5.92 Å². The Morgan fingerprint density at radius 3 is 2.60 bits per heavy atom. The van der Waals surface area contributed by atoms with Crippen LogP contribution in [0.15, 0.2) is 41.2 Å². The van der Waals surface area contributed by atoms with Gasteiger partial charge in [0, 0.05) is 18.7 Å². The summed E-state index contributed by atoms with van der Waals surface area (Å²) >= 11 is 5.98. The minimum atomic E-state index is -1.41. The van der Waals surface area contributed by atoms with Crippen LogP contribution in [0.4, 0.5) is 4.39 Å². The SMILES string of the molecule is CCOc1cccc2c(=O)c(C(=O)O)c(Cc3cccc(Cl)c3F)n(CC(O)C3CCCCC3)c12. The molecule has 4 rings (SSSR count). The van der Waals surface area contributed by atoms with Gasteiger partial charge in [0.05, 0.1) is 28.6 Å². The summed E-state index contributed by atoms with van der Waals surface area (Å²) in [5.41, 5.74) is -0.445. The van der Waals surface area contributed by atoms with Gasteiger partial charge in [-0.15, -0.1) is 0 Å². The Kier molecular flexibility index (Phi) is 7.77. The van der Waals surface area contributed by atoms with Crippen LogP contribution in [0.5, 0.6) is 5.75 Å². The van der Waals surface area contributed by atoms with E-state index < -0.39 is 28.9 Å². The maximum atomic E-state index is 14.9. The lowest BCUT2D eigenvalue weighted by Crippen LogP contribution is -2.32. The Bertz CT molecular complexity index is 1300. The molecule has 0 saturated heterocycles. The van der Waals surface area contributed by atoms with Crippen molar-refractivity contribution in [3.05, 3.63) is 74.3 Å². The van der Waals surface area contributed by atoms with E-state index in [9.17, 15) is 24.2 Å². The Morgan fingerprint density at radius 2 is 1.91 bits per heavy atom. The number of para-hydroxylation sites is 1. The molecule has 186 valence electrons. The van der Waals surface area contributed by atoms with Gasteiger partial charge in [0.25, 0.3) is 0 Å². The van der Waals surface area contributed by atoms with Crippen molar-refractivity contribution < 1.29 is 24.1 Å². The summed E-state index contributed by atoms with van der Waals surface area (Å²) in [5.74, 6) is -1.61. The summed E-state index contributed by atoms with van der Waals surface area (Å²) in [7, 11) is 0. The van der Waals surface area contributed by atoms with Crippen LogP contribution in [0, 0.1) is 11.7 Å². The summed E-state index contributed by atoms with van der Waals surface area (Å²) in [5, 5.41) is 21.4. The Hall–Kier alpha value is -2.90. The number of aromatic nitrogens is 1. The number of hydrogen-bond acceptors (Lipinski definition) is 4. The van der Waals surface area contributed by atoms with Gasteiger partial charge >= 0.3 is 5.97 Å². The third kappa shape index (κ3) is 5.07. The number of aromatic carboxylic acids is 1. The van der Waals surface area contributed by atoms with Crippen molar-refractivity contribution in [1.29, 1.82) is 0 Å². The van der Waals surface area contributed by atoms with E-state index in [4.69, 9.17) is 16.3 Å². The summed E-state index contributed by atoms with van der Waals surface area (Å²) in [4.78, 5) is 25.7. The van der Waals surface area contributed by atoms with Crippen LogP contribution in [0.25, 0.3) is 10.9 Å². The second-order valence-corrected chi connectivity index (χ2v) is 9.41. The maximum Gasteiger partial charge on any atom is 0.341 e. The van der Waals surface area contributed by atoms with Crippen molar-refractivity contribution >= 4 is 28.5 Å². The van der Waals surface area contributed by atoms with Gasteiger partial charge in [0.15, 0.2) is 0 Å². The first kappa shape index (κ1) is 25.2. The fourth-order valence-corrected chi connectivity index (χ4v) is 5.31. The van der Waals surface area contributed by atoms with Crippen molar-refractivity contribution in [3.8, 4) is 5.75 Å². The Morgan fingerprint density at radius 1 is 1.20 bits per heavy atom. The predicted molar refractivity (Wildman–Crippen MR) is 133 cm³/mol. The molecule has 35 heavy (non-hydrogen) atoms. The second kappa shape index (κ2) is 10.8. The van der Waals surface area contributed by atoms with Crippen LogP contribution >= 0.6 is 11.6 Å². The van der Waals surface area contributed by atoms with Gasteiger partial charge in [-0.05, 0) is 49.4 Å². The summed E-state index contributed by atoms with van der Waals surface area (Å²) in [6, 6.07) is 9.40. The summed E-state index contributed by atoms with van der Waals surface area (Å²) in [6.07, 6.45) is 3.98. The zero-order valence-electron chi connectivity index (χ0n) is 19.6. The van der Waals surface area contributed by atoms with Crippen LogP contribution in [0.2, 0.25) is 5.02 Å². The first-order valence-electron chi connectivity index (χ1n) is 12.0. The minimum Gasteiger partial charge on any atom is -0.492 e. The normalized spacial score (nSPS) is 15.3. The third-order valence-corrected chi connectivity index (χ3v) is 7.11. The number of ether oxygens (including phenoxy) is 1. The smallest absolute Gasteiger partial charge is 0.341 e. The fourth-order valence-electron chi connectivity index (χ4n) is 5.12. The quantitative estimate of drug-likeness (QED) is 0.430. The summed E-state index contributed by atoms with van der Waals surface area (Å²) < 4.78 is 22.3. The van der Waals surface area contributed by atoms with Crippen LogP contribution < -0.4 is 10.2 Å². The number of carboxylic acids is 1. The zero-order valence-corrected chi connectivity index (χ0v) is 20.4. The summed E-state index contributed by atoms with van der Waals surface area (Å²) in [6.45, 7) is 2.20. The lowest BCUT2D eigenvalue weighted by Gasteiger charge is -2.29. The molecule has 1 unspecified atom stereocenters. The van der Waals surface area contributed by atoms with Crippen LogP contribution in [-0.2, 0) is 13.0 Å². The molecule has 0 amide bonds. The first-order chi connectivity index (χ1) is 16.8. The first-order valence-corrected chi connectivity index (χ1v) is 12.4. The molecule has 2 aromatic carbocycles. The van der Waals surface area contributed by atoms with Gasteiger partial charge in [-0.2, -0.15) is 0 Å². The van der Waals surface area contributed by atoms with E-state index in [0.29, 0.717) is 17.9 Å². The zero-order chi connectivity index (χ0) is 25.1. The lowest BCUT2D eigenvalue weighted by molar-refractivity contribution is 0.0667. The van der Waals surface area contributed by atoms with Crippen molar-refractivity contribution in [2.75, 3.05) is 6.61 Å². The molecule has 1 aliphatic rings. The average molecular weight is 502 g/mol. The number of halogens is 2. The number of hydrogen-bond donors (Lipinski definition) is 2. The Labute approximate surface area is 207 Å². The van der Waals surface area contributed by atoms with E-state index in [0.717, 1.165) is 32.1 Å². The molecule has 1 fully saturated rings. The highest BCUT2D eigenvalue weighted by Gasteiger charge is 2.28. The van der Waals surface area contributed by atoms with Gasteiger partial charge in [-0.1, -0.05) is 49.1 Å². The lowest BCUT2D eigenvalue weighted by atomic mass is 9.85. The molecule has 8 heteroatoms. The molecular weight excluding hydrogens is 473 g/mol. The molecule has 0 aliphatic heterocycles. The fraction of sp³-hybridized carbons (Fsp3) is 0.407. The molecule has 0 spiro atoms. The van der Waals surface area contributed by atoms with Crippen molar-refractivity contribution in [1.82, 2.24) is 4.57 Å². The highest BCUT2D eigenvalue weighted by Crippen LogP contribution is 2.32. The molecule has 1 saturated carbocycles. The standard InChI is InChI=1S/C27H29ClFNO5/c1-2-35-22-13-7-11-18-25(22)30(15-21(31)16-8-4-3-5-9-16)20(23(26(18)32)27(33)34)14-17-10-6-12-19(28)24(17)29/h6-7,10-13,16,21,31H,2-5,8-9,14-15H2,1H3,(H,33,34). The van der Waals surface area contributed by atoms with Gasteiger partial charge < -0.3 is 19.5 Å². The maximum absolute atomic E-state index is 14.9. The molecular formula is C27H29ClFNO5. The minimum absolute atomic E-state index is 0.0570. The van der Waals surface area contributed by atoms with E-state index in [1.807, 2.05) is 6.92 Å². The molecule has 1 heterocycles. The van der Waals surface area contributed by atoms with Gasteiger partial charge in [0.1, 0.15) is 17.1 Å². The monoisotopic (exact) mass is 501 g/mol. The molecule has 2 N–H and O–H groups in total. The van der Waals surface area contributed by atoms with Crippen molar-refractivity contribution in [3.63, 3.8) is 0 Å². The van der Waals surface area contributed by atoms with E-state index in [-0.39, 0.29) is 40.5 Å². The van der Waals surface area contributed by atoms with E-state index in [2.05, 4.69) is 0 Å². The third-order valence-electron chi connectivity index (χ3n) is 6.82. The number of rotatable bonds is 8. The van der Waals surface area contributed by atoms with E-state index >= 15 is 0 Å². The number of fused-ring (bicyclic) bond motifs is 1. The second-order valence-electron chi connectivity index (χ2n) is 9.01. The predicted octanol–water partition coefficient (Wildman–Crippen LogP) is 5.42. The van der Waals surface area contributed by atoms with E-state index in [1.54, 1.807) is 28.8 Å². The highest BCUT2D eigenvalue weighted by atomic mass is 35.5. The van der Waals surface area contributed by atoms with Gasteiger partial charge in [-0.3, -0.25) is 4.79 Å². The average Bonchev–Trinajstić information content (AvgIpc) is 2.85. The Balaban J connectivity index is 1.99. The molecule has 1 atom stereocenters. The van der Waals surface area contributed by atoms with Crippen LogP contribution in [-0.4, -0.2) is 33.5 Å². The van der Waals surface area contributed by atoms with Crippen molar-refractivity contribution in [2.45, 2.75) is 58.1 Å². The number of carboxylic acid groups (broad SMARTS) is 1. The number of nitrogens with zero attached hydrogens (tertiary/aromatic N) is 1. The number of benzene rings is 2. The molecule has 0 radical (unpaired) electrons. The number of aliphatic hydroxyl groups excluding tert-OH is 1. The number of aliphatic hydroxyl groups is 1. The molecule has 1 aromatic heterocycles. The topological polar surface area (TPSA) is 88.8 Å². The highest BCUT2D eigenvalue weighted by molar-refractivity contribution is 6.30. The number of pyridine rings is 1. The van der Waals surface area contributed by atoms with Gasteiger partial charge in [-0.25, -0.2) is 9.18 Å². The van der Waals surface area contributed by atoms with Gasteiger partial charge in [0.2, 0.25) is 5.43 Å². The molecule has 6 nitrogen and oxygen atoms in total. The van der Waals surface area contributed by atoms with Crippen LogP contribution in [0.3, 0.4) is 0 Å².